The molecule has 0 saturated carbocycles. The summed E-state index contributed by atoms with van der Waals surface area (Å²) in [5.41, 5.74) is -1.56. The van der Waals surface area contributed by atoms with E-state index in [1.807, 2.05) is 0 Å². The Bertz CT molecular complexity index is 1320. The number of amides is 1. The van der Waals surface area contributed by atoms with Gasteiger partial charge in [0.25, 0.3) is 5.91 Å². The Morgan fingerprint density at radius 1 is 1.24 bits per heavy atom. The van der Waals surface area contributed by atoms with Gasteiger partial charge in [0.05, 0.1) is 17.2 Å². The van der Waals surface area contributed by atoms with Crippen molar-refractivity contribution < 1.29 is 48.0 Å². The number of primary amides is 1. The maximum atomic E-state index is 14.3. The summed E-state index contributed by atoms with van der Waals surface area (Å²) in [7, 11) is 2.92. The average molecular weight is 540 g/mol. The van der Waals surface area contributed by atoms with Crippen LogP contribution in [0.4, 0.5) is 13.2 Å². The molecule has 0 unspecified atom stereocenters. The third kappa shape index (κ3) is 3.79. The van der Waals surface area contributed by atoms with Gasteiger partial charge in [0.15, 0.2) is 11.4 Å². The number of carbonyl (C=O) groups excluding carboxylic acids is 3. The first-order valence-electron chi connectivity index (χ1n) is 11.9. The number of phenolic OH excluding ortho intramolecular Hbond substituents is 1. The zero-order valence-electron chi connectivity index (χ0n) is 20.8. The quantitative estimate of drug-likeness (QED) is 0.301. The van der Waals surface area contributed by atoms with Crippen molar-refractivity contribution in [3.63, 3.8) is 0 Å². The number of ketones is 2. The average Bonchev–Trinajstić information content (AvgIpc) is 2.78. The summed E-state index contributed by atoms with van der Waals surface area (Å²) in [5.74, 6) is -9.04. The van der Waals surface area contributed by atoms with Crippen LogP contribution in [0.25, 0.3) is 0 Å². The predicted octanol–water partition coefficient (Wildman–Crippen LogP) is 1.25. The molecule has 1 aromatic carbocycles. The molecule has 0 fully saturated rings. The second kappa shape index (κ2) is 9.10. The Morgan fingerprint density at radius 2 is 1.87 bits per heavy atom. The molecule has 38 heavy (non-hydrogen) atoms. The molecular formula is C25H28F3N3O7. The molecule has 7 N–H and O–H groups in total. The fourth-order valence-electron chi connectivity index (χ4n) is 6.14. The fraction of sp³-hybridized carbons (Fsp3) is 0.480. The molecule has 1 aromatic rings. The molecule has 1 amide bonds. The number of likely N-dealkylation sites (N-methyl/N-ethyl adjacent to an activating group) is 1. The Labute approximate surface area is 215 Å². The zero-order valence-corrected chi connectivity index (χ0v) is 20.8. The number of nitrogens with zero attached hydrogens (tertiary/aromatic N) is 1. The summed E-state index contributed by atoms with van der Waals surface area (Å²) in [6.07, 6.45) is -5.63. The summed E-state index contributed by atoms with van der Waals surface area (Å²) in [5, 5.41) is 46.9. The maximum absolute atomic E-state index is 14.3. The van der Waals surface area contributed by atoms with Gasteiger partial charge in [0.1, 0.15) is 22.8 Å². The van der Waals surface area contributed by atoms with Gasteiger partial charge in [-0.15, -0.1) is 0 Å². The van der Waals surface area contributed by atoms with Gasteiger partial charge in [-0.2, -0.15) is 13.2 Å². The Kier molecular flexibility index (Phi) is 6.61. The van der Waals surface area contributed by atoms with Crippen LogP contribution in [0.2, 0.25) is 0 Å². The summed E-state index contributed by atoms with van der Waals surface area (Å²) in [6, 6.07) is -0.406. The number of halogens is 3. The molecule has 13 heteroatoms. The monoisotopic (exact) mass is 539 g/mol. The van der Waals surface area contributed by atoms with Crippen LogP contribution in [0.5, 0.6) is 5.75 Å². The lowest BCUT2D eigenvalue weighted by Gasteiger charge is -2.50. The number of phenols is 1. The number of nitrogens with two attached hydrogens (primary N) is 1. The SMILES string of the molecule is CCNCc1cc(O)c2c(c1C(F)(F)F)C[C@H]1C[C@H]3[C@H](N(C)C)C(O)=C(C(N)=O)C(=O)[C@@]3(O)C(O)=C1C2=O. The van der Waals surface area contributed by atoms with Crippen molar-refractivity contribution in [2.75, 3.05) is 20.6 Å². The number of fused-ring (bicyclic) bond motifs is 3. The van der Waals surface area contributed by atoms with Crippen LogP contribution >= 0.6 is 0 Å². The first-order chi connectivity index (χ1) is 17.6. The molecule has 4 atom stereocenters. The summed E-state index contributed by atoms with van der Waals surface area (Å²) in [4.78, 5) is 40.2. The molecule has 10 nitrogen and oxygen atoms in total. The van der Waals surface area contributed by atoms with Crippen molar-refractivity contribution in [3.8, 4) is 5.75 Å². The standard InChI is InChI=1S/C25H28F3N3O7/c1-4-30-8-10-7-13(32)15-11(17(10)25(26,27)28)5-9-6-12-18(31(2)3)20(34)16(23(29)37)22(36)24(12,38)21(35)14(9)19(15)33/h7,9,12,18,30,32,34-35,38H,4-6,8H2,1-3H3,(H2,29,37)/t9-,12-,18-,24-/m0/s1. The molecule has 0 saturated heterocycles. The van der Waals surface area contributed by atoms with Crippen molar-refractivity contribution in [1.29, 1.82) is 0 Å². The molecule has 0 radical (unpaired) electrons. The highest BCUT2D eigenvalue weighted by molar-refractivity contribution is 6.24. The number of aliphatic hydroxyl groups excluding tert-OH is 2. The predicted molar refractivity (Wildman–Crippen MR) is 126 cm³/mol. The van der Waals surface area contributed by atoms with Crippen LogP contribution in [0.3, 0.4) is 0 Å². The van der Waals surface area contributed by atoms with E-state index >= 15 is 0 Å². The lowest BCUT2D eigenvalue weighted by Crippen LogP contribution is -2.63. The maximum Gasteiger partial charge on any atom is 0.417 e. The number of hydrogen-bond donors (Lipinski definition) is 6. The summed E-state index contributed by atoms with van der Waals surface area (Å²) in [6.45, 7) is 1.81. The topological polar surface area (TPSA) is 173 Å². The van der Waals surface area contributed by atoms with E-state index in [0.717, 1.165) is 6.07 Å². The van der Waals surface area contributed by atoms with E-state index in [9.17, 15) is 48.0 Å². The van der Waals surface area contributed by atoms with Gasteiger partial charge in [0, 0.05) is 18.0 Å². The second-order valence-electron chi connectivity index (χ2n) is 10.0. The Hall–Kier alpha value is -3.42. The smallest absolute Gasteiger partial charge is 0.417 e. The normalized spacial score (nSPS) is 27.4. The van der Waals surface area contributed by atoms with Crippen LogP contribution in [0.1, 0.15) is 40.4 Å². The number of hydrogen-bond acceptors (Lipinski definition) is 9. The Morgan fingerprint density at radius 3 is 2.39 bits per heavy atom. The van der Waals surface area contributed by atoms with Gasteiger partial charge >= 0.3 is 6.18 Å². The minimum absolute atomic E-state index is 0.229. The van der Waals surface area contributed by atoms with Crippen LogP contribution in [0, 0.1) is 11.8 Å². The minimum Gasteiger partial charge on any atom is -0.510 e. The first kappa shape index (κ1) is 27.6. The molecule has 3 aliphatic rings. The van der Waals surface area contributed by atoms with Crippen LogP contribution < -0.4 is 11.1 Å². The first-order valence-corrected chi connectivity index (χ1v) is 11.9. The molecule has 3 aliphatic carbocycles. The highest BCUT2D eigenvalue weighted by atomic mass is 19.4. The van der Waals surface area contributed by atoms with Gasteiger partial charge in [-0.3, -0.25) is 19.3 Å². The summed E-state index contributed by atoms with van der Waals surface area (Å²) >= 11 is 0. The molecule has 0 aromatic heterocycles. The molecule has 206 valence electrons. The highest BCUT2D eigenvalue weighted by Gasteiger charge is 2.63. The van der Waals surface area contributed by atoms with Crippen LogP contribution in [0.15, 0.2) is 28.7 Å². The van der Waals surface area contributed by atoms with Crippen molar-refractivity contribution in [3.05, 3.63) is 51.0 Å². The fourth-order valence-corrected chi connectivity index (χ4v) is 6.14. The van der Waals surface area contributed by atoms with Crippen LogP contribution in [-0.4, -0.2) is 75.1 Å². The number of nitrogens with one attached hydrogen (secondary N) is 1. The van der Waals surface area contributed by atoms with Crippen molar-refractivity contribution in [2.24, 2.45) is 17.6 Å². The number of carbonyl (C=O) groups is 3. The number of aromatic hydroxyl groups is 1. The molecule has 0 heterocycles. The van der Waals surface area contributed by atoms with Gasteiger partial charge in [0.2, 0.25) is 5.78 Å². The van der Waals surface area contributed by atoms with Gasteiger partial charge < -0.3 is 31.5 Å². The summed E-state index contributed by atoms with van der Waals surface area (Å²) < 4.78 is 42.9. The number of benzene rings is 1. The number of rotatable bonds is 5. The third-order valence-corrected chi connectivity index (χ3v) is 7.66. The van der Waals surface area contributed by atoms with E-state index in [4.69, 9.17) is 5.73 Å². The van der Waals surface area contributed by atoms with E-state index < -0.39 is 98.7 Å². The van der Waals surface area contributed by atoms with E-state index in [-0.39, 0.29) is 18.5 Å². The van der Waals surface area contributed by atoms with Gasteiger partial charge in [-0.1, -0.05) is 6.92 Å². The number of allylic oxidation sites excluding steroid dienone is 1. The molecule has 0 aliphatic heterocycles. The highest BCUT2D eigenvalue weighted by Crippen LogP contribution is 2.53. The largest absolute Gasteiger partial charge is 0.510 e. The number of Topliss-reactive ketones (excluding diaryl/α,β-unsaturated/α-hetero) is 2. The third-order valence-electron chi connectivity index (χ3n) is 7.66. The molecular weight excluding hydrogens is 511 g/mol. The molecule has 4 rings (SSSR count). The van der Waals surface area contributed by atoms with Crippen molar-refractivity contribution >= 4 is 17.5 Å². The zero-order chi connectivity index (χ0) is 28.5. The number of aliphatic hydroxyl groups is 3. The Balaban J connectivity index is 1.98. The molecule has 0 spiro atoms. The molecule has 0 bridgehead atoms. The van der Waals surface area contributed by atoms with E-state index in [0.29, 0.717) is 6.54 Å². The lowest BCUT2D eigenvalue weighted by atomic mass is 9.58. The minimum atomic E-state index is -4.88. The van der Waals surface area contributed by atoms with Gasteiger partial charge in [-0.25, -0.2) is 0 Å². The van der Waals surface area contributed by atoms with Crippen molar-refractivity contribution in [1.82, 2.24) is 10.2 Å². The van der Waals surface area contributed by atoms with E-state index in [1.54, 1.807) is 6.92 Å². The van der Waals surface area contributed by atoms with Crippen molar-refractivity contribution in [2.45, 2.75) is 44.1 Å². The van der Waals surface area contributed by atoms with Gasteiger partial charge in [-0.05, 0) is 56.6 Å². The second-order valence-corrected chi connectivity index (χ2v) is 10.0. The lowest BCUT2D eigenvalue weighted by molar-refractivity contribution is -0.148. The van der Waals surface area contributed by atoms with E-state index in [1.165, 1.54) is 19.0 Å². The van der Waals surface area contributed by atoms with E-state index in [2.05, 4.69) is 5.32 Å². The number of alkyl halides is 3. The van der Waals surface area contributed by atoms with Crippen LogP contribution in [-0.2, 0) is 28.7 Å².